The van der Waals surface area contributed by atoms with Crippen LogP contribution in [0, 0.1) is 5.92 Å². The summed E-state index contributed by atoms with van der Waals surface area (Å²) in [6.07, 6.45) is 4.41. The summed E-state index contributed by atoms with van der Waals surface area (Å²) in [5, 5.41) is 13.2. The van der Waals surface area contributed by atoms with Gasteiger partial charge in [0.05, 0.1) is 11.6 Å². The molecule has 0 amide bonds. The van der Waals surface area contributed by atoms with Crippen LogP contribution in [0.15, 0.2) is 42.7 Å². The van der Waals surface area contributed by atoms with Gasteiger partial charge in [-0.3, -0.25) is 9.69 Å². The average molecular weight is 271 g/mol. The first kappa shape index (κ1) is 12.9. The van der Waals surface area contributed by atoms with Gasteiger partial charge in [-0.2, -0.15) is 5.10 Å². The molecule has 1 fully saturated rings. The van der Waals surface area contributed by atoms with Gasteiger partial charge in [-0.25, -0.2) is 4.68 Å². The second-order valence-corrected chi connectivity index (χ2v) is 5.18. The Morgan fingerprint density at radius 1 is 1.35 bits per heavy atom. The Balaban J connectivity index is 1.63. The average Bonchev–Trinajstić information content (AvgIpc) is 3.10. The molecule has 0 saturated carbocycles. The normalized spacial score (nSPS) is 19.3. The largest absolute Gasteiger partial charge is 0.481 e. The number of nitrogens with zero attached hydrogens (tertiary/aromatic N) is 3. The molecular formula is C15H17N3O2. The second kappa shape index (κ2) is 5.46. The van der Waals surface area contributed by atoms with Crippen LogP contribution >= 0.6 is 0 Å². The molecule has 104 valence electrons. The van der Waals surface area contributed by atoms with Gasteiger partial charge in [-0.15, -0.1) is 0 Å². The predicted molar refractivity (Wildman–Crippen MR) is 74.6 cm³/mol. The fraction of sp³-hybridized carbons (Fsp3) is 0.333. The highest BCUT2D eigenvalue weighted by Crippen LogP contribution is 2.19. The molecule has 0 spiro atoms. The van der Waals surface area contributed by atoms with Crippen molar-refractivity contribution >= 4 is 5.97 Å². The van der Waals surface area contributed by atoms with Gasteiger partial charge in [-0.1, -0.05) is 12.1 Å². The molecule has 5 nitrogen and oxygen atoms in total. The van der Waals surface area contributed by atoms with Crippen molar-refractivity contribution in [2.24, 2.45) is 5.92 Å². The van der Waals surface area contributed by atoms with Gasteiger partial charge >= 0.3 is 5.97 Å². The molecule has 3 rings (SSSR count). The van der Waals surface area contributed by atoms with Gasteiger partial charge < -0.3 is 5.11 Å². The third kappa shape index (κ3) is 2.72. The highest BCUT2D eigenvalue weighted by molar-refractivity contribution is 5.70. The summed E-state index contributed by atoms with van der Waals surface area (Å²) < 4.78 is 1.82. The molecule has 1 N–H and O–H groups in total. The van der Waals surface area contributed by atoms with E-state index in [1.165, 1.54) is 5.56 Å². The molecule has 5 heteroatoms. The van der Waals surface area contributed by atoms with E-state index >= 15 is 0 Å². The number of hydrogen-bond acceptors (Lipinski definition) is 3. The summed E-state index contributed by atoms with van der Waals surface area (Å²) in [7, 11) is 0. The Labute approximate surface area is 117 Å². The molecule has 20 heavy (non-hydrogen) atoms. The smallest absolute Gasteiger partial charge is 0.307 e. The topological polar surface area (TPSA) is 58.4 Å². The Bertz CT molecular complexity index is 578. The molecule has 1 saturated heterocycles. The maximum absolute atomic E-state index is 10.9. The van der Waals surface area contributed by atoms with E-state index < -0.39 is 5.97 Å². The minimum Gasteiger partial charge on any atom is -0.481 e. The molecule has 1 atom stereocenters. The summed E-state index contributed by atoms with van der Waals surface area (Å²) in [5.41, 5.74) is 2.23. The van der Waals surface area contributed by atoms with Crippen molar-refractivity contribution in [3.8, 4) is 5.69 Å². The Morgan fingerprint density at radius 3 is 2.75 bits per heavy atom. The molecule has 1 aromatic carbocycles. The van der Waals surface area contributed by atoms with Crippen LogP contribution in [0.4, 0.5) is 0 Å². The second-order valence-electron chi connectivity index (χ2n) is 5.18. The van der Waals surface area contributed by atoms with E-state index in [1.807, 2.05) is 29.1 Å². The minimum atomic E-state index is -0.679. The molecule has 2 aromatic rings. The number of carboxylic acids is 1. The van der Waals surface area contributed by atoms with E-state index in [1.54, 1.807) is 6.20 Å². The molecule has 1 aliphatic rings. The van der Waals surface area contributed by atoms with Crippen molar-refractivity contribution in [3.63, 3.8) is 0 Å². The predicted octanol–water partition coefficient (Wildman–Crippen LogP) is 1.78. The van der Waals surface area contributed by atoms with Gasteiger partial charge in [0.15, 0.2) is 0 Å². The number of rotatable bonds is 4. The van der Waals surface area contributed by atoms with Crippen LogP contribution in [0.2, 0.25) is 0 Å². The van der Waals surface area contributed by atoms with E-state index in [4.69, 9.17) is 5.11 Å². The van der Waals surface area contributed by atoms with Crippen LogP contribution in [0.5, 0.6) is 0 Å². The summed E-state index contributed by atoms with van der Waals surface area (Å²) >= 11 is 0. The lowest BCUT2D eigenvalue weighted by Gasteiger charge is -2.15. The number of likely N-dealkylation sites (tertiary alicyclic amines) is 1. The van der Waals surface area contributed by atoms with Crippen LogP contribution in [0.1, 0.15) is 12.0 Å². The third-order valence-electron chi connectivity index (χ3n) is 3.73. The maximum Gasteiger partial charge on any atom is 0.307 e. The van der Waals surface area contributed by atoms with E-state index in [0.717, 1.165) is 25.2 Å². The SMILES string of the molecule is O=C(O)[C@@H]1CCN(Cc2ccc(-n3cccn3)cc2)C1. The molecule has 0 radical (unpaired) electrons. The molecule has 0 aliphatic carbocycles. The van der Waals surface area contributed by atoms with Crippen molar-refractivity contribution < 1.29 is 9.90 Å². The highest BCUT2D eigenvalue weighted by atomic mass is 16.4. The van der Waals surface area contributed by atoms with Gasteiger partial charge in [-0.05, 0) is 36.7 Å². The van der Waals surface area contributed by atoms with Crippen molar-refractivity contribution in [2.75, 3.05) is 13.1 Å². The molecular weight excluding hydrogens is 254 g/mol. The van der Waals surface area contributed by atoms with Crippen LogP contribution in [-0.2, 0) is 11.3 Å². The first-order valence-electron chi connectivity index (χ1n) is 6.76. The van der Waals surface area contributed by atoms with Crippen LogP contribution in [-0.4, -0.2) is 38.8 Å². The van der Waals surface area contributed by atoms with Crippen molar-refractivity contribution in [2.45, 2.75) is 13.0 Å². The monoisotopic (exact) mass is 271 g/mol. The molecule has 2 heterocycles. The van der Waals surface area contributed by atoms with Gasteiger partial charge in [0.25, 0.3) is 0 Å². The molecule has 1 aliphatic heterocycles. The van der Waals surface area contributed by atoms with Gasteiger partial charge in [0, 0.05) is 25.5 Å². The lowest BCUT2D eigenvalue weighted by molar-refractivity contribution is -0.141. The summed E-state index contributed by atoms with van der Waals surface area (Å²) in [4.78, 5) is 13.1. The summed E-state index contributed by atoms with van der Waals surface area (Å²) in [5.74, 6) is -0.889. The number of carbonyl (C=O) groups is 1. The molecule has 0 bridgehead atoms. The van der Waals surface area contributed by atoms with E-state index in [2.05, 4.69) is 22.1 Å². The van der Waals surface area contributed by atoms with Gasteiger partial charge in [0.1, 0.15) is 0 Å². The fourth-order valence-corrected chi connectivity index (χ4v) is 2.61. The Kier molecular flexibility index (Phi) is 3.52. The summed E-state index contributed by atoms with van der Waals surface area (Å²) in [6, 6.07) is 10.1. The maximum atomic E-state index is 10.9. The summed E-state index contributed by atoms with van der Waals surface area (Å²) in [6.45, 7) is 2.32. The molecule has 0 unspecified atom stereocenters. The lowest BCUT2D eigenvalue weighted by atomic mass is 10.1. The number of benzene rings is 1. The van der Waals surface area contributed by atoms with E-state index in [-0.39, 0.29) is 5.92 Å². The highest BCUT2D eigenvalue weighted by Gasteiger charge is 2.27. The van der Waals surface area contributed by atoms with Crippen LogP contribution in [0.25, 0.3) is 5.69 Å². The fourth-order valence-electron chi connectivity index (χ4n) is 2.61. The van der Waals surface area contributed by atoms with Crippen molar-refractivity contribution in [1.29, 1.82) is 0 Å². The number of hydrogen-bond donors (Lipinski definition) is 1. The Hall–Kier alpha value is -2.14. The van der Waals surface area contributed by atoms with Crippen molar-refractivity contribution in [3.05, 3.63) is 48.3 Å². The van der Waals surface area contributed by atoms with Gasteiger partial charge in [0.2, 0.25) is 0 Å². The Morgan fingerprint density at radius 2 is 2.15 bits per heavy atom. The van der Waals surface area contributed by atoms with E-state index in [0.29, 0.717) is 6.54 Å². The quantitative estimate of drug-likeness (QED) is 0.921. The standard InChI is InChI=1S/C15H17N3O2/c19-15(20)13-6-9-17(11-13)10-12-2-4-14(5-3-12)18-8-1-7-16-18/h1-5,7-8,13H,6,9-11H2,(H,19,20)/t13-/m1/s1. The number of aromatic nitrogens is 2. The number of aliphatic carboxylic acids is 1. The zero-order valence-corrected chi connectivity index (χ0v) is 11.1. The molecule has 1 aromatic heterocycles. The lowest BCUT2D eigenvalue weighted by Crippen LogP contribution is -2.22. The first-order valence-corrected chi connectivity index (χ1v) is 6.76. The zero-order valence-electron chi connectivity index (χ0n) is 11.1. The first-order chi connectivity index (χ1) is 9.72. The van der Waals surface area contributed by atoms with Crippen LogP contribution < -0.4 is 0 Å². The number of carboxylic acid groups (broad SMARTS) is 1. The third-order valence-corrected chi connectivity index (χ3v) is 3.73. The van der Waals surface area contributed by atoms with E-state index in [9.17, 15) is 4.79 Å². The minimum absolute atomic E-state index is 0.210. The van der Waals surface area contributed by atoms with Crippen LogP contribution in [0.3, 0.4) is 0 Å². The zero-order chi connectivity index (χ0) is 13.9. The van der Waals surface area contributed by atoms with Crippen molar-refractivity contribution in [1.82, 2.24) is 14.7 Å².